The van der Waals surface area contributed by atoms with Gasteiger partial charge in [-0.1, -0.05) is 29.8 Å². The van der Waals surface area contributed by atoms with Crippen LogP contribution in [-0.2, 0) is 21.2 Å². The SMILES string of the molecule is COC(=O)c1ccc(NC(=O)c2ccc(Cl)c(S(=O)(=O)N3CCc4ccccc43)c2)cc1. The van der Waals surface area contributed by atoms with Gasteiger partial charge in [0, 0.05) is 17.8 Å². The first kappa shape index (κ1) is 21.9. The Kier molecular flexibility index (Phi) is 5.90. The number of halogens is 1. The second kappa shape index (κ2) is 8.64. The number of anilines is 2. The number of nitrogens with one attached hydrogen (secondary N) is 1. The van der Waals surface area contributed by atoms with Gasteiger partial charge in [0.15, 0.2) is 0 Å². The monoisotopic (exact) mass is 470 g/mol. The van der Waals surface area contributed by atoms with Gasteiger partial charge in [-0.2, -0.15) is 0 Å². The van der Waals surface area contributed by atoms with Crippen LogP contribution in [0.5, 0.6) is 0 Å². The lowest BCUT2D eigenvalue weighted by atomic mass is 10.2. The number of nitrogens with zero attached hydrogens (tertiary/aromatic N) is 1. The smallest absolute Gasteiger partial charge is 0.337 e. The van der Waals surface area contributed by atoms with Crippen LogP contribution in [-0.4, -0.2) is 33.9 Å². The molecule has 0 saturated carbocycles. The maximum atomic E-state index is 13.3. The van der Waals surface area contributed by atoms with Crippen LogP contribution in [0, 0.1) is 0 Å². The summed E-state index contributed by atoms with van der Waals surface area (Å²) in [4.78, 5) is 24.1. The van der Waals surface area contributed by atoms with E-state index in [4.69, 9.17) is 11.6 Å². The quantitative estimate of drug-likeness (QED) is 0.566. The van der Waals surface area contributed by atoms with Crippen molar-refractivity contribution in [3.8, 4) is 0 Å². The number of benzene rings is 3. The number of hydrogen-bond donors (Lipinski definition) is 1. The Labute approximate surface area is 190 Å². The third kappa shape index (κ3) is 4.06. The molecule has 4 rings (SSSR count). The molecule has 1 N–H and O–H groups in total. The fourth-order valence-corrected chi connectivity index (χ4v) is 5.54. The molecular formula is C23H19ClN2O5S. The van der Waals surface area contributed by atoms with Gasteiger partial charge in [0.25, 0.3) is 15.9 Å². The number of hydrogen-bond acceptors (Lipinski definition) is 5. The number of amides is 1. The van der Waals surface area contributed by atoms with Crippen LogP contribution >= 0.6 is 11.6 Å². The van der Waals surface area contributed by atoms with Crippen molar-refractivity contribution in [2.24, 2.45) is 0 Å². The molecule has 0 spiro atoms. The summed E-state index contributed by atoms with van der Waals surface area (Å²) in [5, 5.41) is 2.72. The average molecular weight is 471 g/mol. The first-order valence-electron chi connectivity index (χ1n) is 9.71. The standard InChI is InChI=1S/C23H19ClN2O5S/c1-31-23(28)16-6-9-18(10-7-16)25-22(27)17-8-11-19(24)21(14-17)32(29,30)26-13-12-15-4-2-3-5-20(15)26/h2-11,14H,12-13H2,1H3,(H,25,27). The van der Waals surface area contributed by atoms with Crippen LogP contribution in [0.1, 0.15) is 26.3 Å². The molecule has 0 aliphatic carbocycles. The summed E-state index contributed by atoms with van der Waals surface area (Å²) >= 11 is 6.23. The lowest BCUT2D eigenvalue weighted by Crippen LogP contribution is -2.29. The molecule has 9 heteroatoms. The zero-order chi connectivity index (χ0) is 22.9. The number of esters is 1. The number of ether oxygens (including phenoxy) is 1. The Balaban J connectivity index is 1.60. The number of methoxy groups -OCH3 is 1. The van der Waals surface area contributed by atoms with Crippen molar-refractivity contribution in [2.75, 3.05) is 23.3 Å². The molecule has 164 valence electrons. The fraction of sp³-hybridized carbons (Fsp3) is 0.130. The van der Waals surface area contributed by atoms with E-state index in [1.165, 1.54) is 41.7 Å². The second-order valence-electron chi connectivity index (χ2n) is 7.12. The number of fused-ring (bicyclic) bond motifs is 1. The lowest BCUT2D eigenvalue weighted by Gasteiger charge is -2.20. The molecule has 0 atom stereocenters. The topological polar surface area (TPSA) is 92.8 Å². The summed E-state index contributed by atoms with van der Waals surface area (Å²) in [6.07, 6.45) is 0.606. The average Bonchev–Trinajstić information content (AvgIpc) is 3.24. The summed E-state index contributed by atoms with van der Waals surface area (Å²) in [5.74, 6) is -0.996. The van der Waals surface area contributed by atoms with E-state index in [1.807, 2.05) is 12.1 Å². The minimum atomic E-state index is -3.96. The van der Waals surface area contributed by atoms with E-state index in [0.717, 1.165) is 5.56 Å². The Hall–Kier alpha value is -3.36. The molecule has 1 amide bonds. The molecule has 3 aromatic rings. The summed E-state index contributed by atoms with van der Waals surface area (Å²) in [5.41, 5.74) is 2.48. The Morgan fingerprint density at radius 1 is 1.00 bits per heavy atom. The lowest BCUT2D eigenvalue weighted by molar-refractivity contribution is 0.0600. The van der Waals surface area contributed by atoms with E-state index in [-0.39, 0.29) is 15.5 Å². The van der Waals surface area contributed by atoms with Crippen molar-refractivity contribution in [1.29, 1.82) is 0 Å². The van der Waals surface area contributed by atoms with E-state index in [0.29, 0.717) is 29.9 Å². The third-order valence-corrected chi connectivity index (χ3v) is 7.46. The van der Waals surface area contributed by atoms with E-state index >= 15 is 0 Å². The minimum absolute atomic E-state index is 0.0355. The first-order chi connectivity index (χ1) is 15.3. The highest BCUT2D eigenvalue weighted by molar-refractivity contribution is 7.93. The first-order valence-corrected chi connectivity index (χ1v) is 11.5. The van der Waals surface area contributed by atoms with Crippen LogP contribution < -0.4 is 9.62 Å². The van der Waals surface area contributed by atoms with Crippen molar-refractivity contribution in [2.45, 2.75) is 11.3 Å². The predicted octanol–water partition coefficient (Wildman–Crippen LogP) is 4.13. The summed E-state index contributed by atoms with van der Waals surface area (Å²) in [6.45, 7) is 0.307. The Morgan fingerprint density at radius 2 is 1.69 bits per heavy atom. The second-order valence-corrected chi connectivity index (χ2v) is 9.36. The van der Waals surface area contributed by atoms with Crippen LogP contribution in [0.25, 0.3) is 0 Å². The van der Waals surface area contributed by atoms with Crippen LogP contribution in [0.3, 0.4) is 0 Å². The van der Waals surface area contributed by atoms with Crippen molar-refractivity contribution in [3.63, 3.8) is 0 Å². The van der Waals surface area contributed by atoms with Crippen molar-refractivity contribution < 1.29 is 22.7 Å². The van der Waals surface area contributed by atoms with Gasteiger partial charge in [-0.3, -0.25) is 9.10 Å². The zero-order valence-electron chi connectivity index (χ0n) is 17.0. The summed E-state index contributed by atoms with van der Waals surface area (Å²) in [6, 6.07) is 17.6. The molecule has 0 fully saturated rings. The Morgan fingerprint density at radius 3 is 2.41 bits per heavy atom. The highest BCUT2D eigenvalue weighted by Crippen LogP contribution is 2.35. The van der Waals surface area contributed by atoms with Gasteiger partial charge < -0.3 is 10.1 Å². The highest BCUT2D eigenvalue weighted by Gasteiger charge is 2.32. The predicted molar refractivity (Wildman–Crippen MR) is 122 cm³/mol. The minimum Gasteiger partial charge on any atom is -0.465 e. The maximum Gasteiger partial charge on any atom is 0.337 e. The van der Waals surface area contributed by atoms with Gasteiger partial charge in [-0.25, -0.2) is 13.2 Å². The van der Waals surface area contributed by atoms with Gasteiger partial charge >= 0.3 is 5.97 Å². The molecule has 1 aliphatic heterocycles. The molecule has 0 radical (unpaired) electrons. The van der Waals surface area contributed by atoms with Crippen molar-refractivity contribution >= 4 is 44.9 Å². The molecule has 7 nitrogen and oxygen atoms in total. The molecular weight excluding hydrogens is 452 g/mol. The molecule has 0 bridgehead atoms. The molecule has 0 saturated heterocycles. The van der Waals surface area contributed by atoms with Gasteiger partial charge in [0.2, 0.25) is 0 Å². The van der Waals surface area contributed by atoms with Gasteiger partial charge in [-0.15, -0.1) is 0 Å². The third-order valence-electron chi connectivity index (χ3n) is 5.17. The zero-order valence-corrected chi connectivity index (χ0v) is 18.6. The van der Waals surface area contributed by atoms with E-state index in [9.17, 15) is 18.0 Å². The van der Waals surface area contributed by atoms with Crippen LogP contribution in [0.4, 0.5) is 11.4 Å². The number of sulfonamides is 1. The fourth-order valence-electron chi connectivity index (χ4n) is 3.53. The summed E-state index contributed by atoms with van der Waals surface area (Å²) < 4.78 is 32.7. The van der Waals surface area contributed by atoms with Crippen molar-refractivity contribution in [3.05, 3.63) is 88.4 Å². The van der Waals surface area contributed by atoms with Crippen LogP contribution in [0.2, 0.25) is 5.02 Å². The molecule has 1 heterocycles. The number of carbonyl (C=O) groups excluding carboxylic acids is 2. The van der Waals surface area contributed by atoms with Gasteiger partial charge in [0.1, 0.15) is 4.90 Å². The van der Waals surface area contributed by atoms with Crippen LogP contribution in [0.15, 0.2) is 71.6 Å². The largest absolute Gasteiger partial charge is 0.465 e. The Bertz CT molecular complexity index is 1310. The maximum absolute atomic E-state index is 13.3. The molecule has 3 aromatic carbocycles. The van der Waals surface area contributed by atoms with E-state index < -0.39 is 21.9 Å². The highest BCUT2D eigenvalue weighted by atomic mass is 35.5. The number of rotatable bonds is 5. The van der Waals surface area contributed by atoms with Gasteiger partial charge in [0.05, 0.1) is 23.4 Å². The van der Waals surface area contributed by atoms with E-state index in [1.54, 1.807) is 24.3 Å². The normalized spacial score (nSPS) is 12.9. The van der Waals surface area contributed by atoms with E-state index in [2.05, 4.69) is 10.1 Å². The number of carbonyl (C=O) groups is 2. The molecule has 0 aromatic heterocycles. The van der Waals surface area contributed by atoms with Gasteiger partial charge in [-0.05, 0) is 60.5 Å². The molecule has 1 aliphatic rings. The molecule has 0 unspecified atom stereocenters. The number of para-hydroxylation sites is 1. The van der Waals surface area contributed by atoms with Crippen molar-refractivity contribution in [1.82, 2.24) is 0 Å². The summed E-state index contributed by atoms with van der Waals surface area (Å²) in [7, 11) is -2.68. The molecule has 32 heavy (non-hydrogen) atoms.